The summed E-state index contributed by atoms with van der Waals surface area (Å²) in [5.74, 6) is -1.56. The Labute approximate surface area is 182 Å². The molecule has 0 radical (unpaired) electrons. The van der Waals surface area contributed by atoms with Crippen molar-refractivity contribution in [3.8, 4) is 0 Å². The van der Waals surface area contributed by atoms with Crippen molar-refractivity contribution in [3.05, 3.63) is 29.3 Å². The standard InChI is InChI=1S/C23H31N3O5/c27-20-13-12-19(22(30)25-20)26-15-17-16(23(26)31)9-8-10-18(17)24-14-7-5-3-1-2-4-6-11-21(28)29/h8-10,19,24H,1-7,11-15H2,(H,28,29)(H,25,27,30). The number of amides is 3. The molecular formula is C23H31N3O5. The van der Waals surface area contributed by atoms with Crippen LogP contribution in [0.3, 0.4) is 0 Å². The van der Waals surface area contributed by atoms with Crippen LogP contribution in [0.4, 0.5) is 5.69 Å². The maximum atomic E-state index is 12.8. The Morgan fingerprint density at radius 2 is 1.77 bits per heavy atom. The SMILES string of the molecule is O=C(O)CCCCCCCCCNc1cccc2c1CN(C1CCC(=O)NC1=O)C2=O. The number of fused-ring (bicyclic) bond motifs is 1. The van der Waals surface area contributed by atoms with E-state index in [2.05, 4.69) is 10.6 Å². The van der Waals surface area contributed by atoms with Crippen molar-refractivity contribution >= 4 is 29.4 Å². The molecular weight excluding hydrogens is 398 g/mol. The lowest BCUT2D eigenvalue weighted by molar-refractivity contribution is -0.138. The number of carbonyl (C=O) groups is 4. The quantitative estimate of drug-likeness (QED) is 0.347. The van der Waals surface area contributed by atoms with Crippen LogP contribution in [0.2, 0.25) is 0 Å². The van der Waals surface area contributed by atoms with Gasteiger partial charge in [-0.2, -0.15) is 0 Å². The molecule has 0 saturated carbocycles. The van der Waals surface area contributed by atoms with Crippen LogP contribution in [0, 0.1) is 0 Å². The summed E-state index contributed by atoms with van der Waals surface area (Å²) < 4.78 is 0. The lowest BCUT2D eigenvalue weighted by Gasteiger charge is -2.29. The number of piperidine rings is 1. The van der Waals surface area contributed by atoms with Crippen LogP contribution < -0.4 is 10.6 Å². The topological polar surface area (TPSA) is 116 Å². The summed E-state index contributed by atoms with van der Waals surface area (Å²) in [6.45, 7) is 1.18. The minimum atomic E-state index is -0.722. The molecule has 1 aromatic carbocycles. The fraction of sp³-hybridized carbons (Fsp3) is 0.565. The van der Waals surface area contributed by atoms with Crippen molar-refractivity contribution < 1.29 is 24.3 Å². The first-order valence-electron chi connectivity index (χ1n) is 11.2. The van der Waals surface area contributed by atoms with E-state index in [1.54, 1.807) is 11.0 Å². The second-order valence-corrected chi connectivity index (χ2v) is 8.28. The van der Waals surface area contributed by atoms with E-state index in [1.807, 2.05) is 12.1 Å². The fourth-order valence-electron chi connectivity index (χ4n) is 4.26. The molecule has 0 aliphatic carbocycles. The van der Waals surface area contributed by atoms with Gasteiger partial charge in [0.05, 0.1) is 0 Å². The van der Waals surface area contributed by atoms with Gasteiger partial charge in [-0.1, -0.05) is 38.2 Å². The molecule has 0 bridgehead atoms. The van der Waals surface area contributed by atoms with Gasteiger partial charge in [0.15, 0.2) is 0 Å². The largest absolute Gasteiger partial charge is 0.481 e. The van der Waals surface area contributed by atoms with Crippen molar-refractivity contribution in [1.82, 2.24) is 10.2 Å². The molecule has 3 N–H and O–H groups in total. The molecule has 3 rings (SSSR count). The first-order valence-corrected chi connectivity index (χ1v) is 11.2. The highest BCUT2D eigenvalue weighted by Gasteiger charge is 2.39. The van der Waals surface area contributed by atoms with Crippen LogP contribution in [0.5, 0.6) is 0 Å². The summed E-state index contributed by atoms with van der Waals surface area (Å²) >= 11 is 0. The number of carboxylic acid groups (broad SMARTS) is 1. The molecule has 1 unspecified atom stereocenters. The Kier molecular flexibility index (Phi) is 8.03. The van der Waals surface area contributed by atoms with E-state index in [0.717, 1.165) is 62.7 Å². The Hall–Kier alpha value is -2.90. The molecule has 8 nitrogen and oxygen atoms in total. The zero-order valence-electron chi connectivity index (χ0n) is 17.8. The molecule has 168 valence electrons. The molecule has 31 heavy (non-hydrogen) atoms. The number of rotatable bonds is 12. The molecule has 3 amide bonds. The third-order valence-electron chi connectivity index (χ3n) is 5.96. The minimum absolute atomic E-state index is 0.156. The van der Waals surface area contributed by atoms with E-state index in [0.29, 0.717) is 18.5 Å². The maximum absolute atomic E-state index is 12.8. The number of imide groups is 1. The monoisotopic (exact) mass is 429 g/mol. The van der Waals surface area contributed by atoms with Gasteiger partial charge in [-0.15, -0.1) is 0 Å². The van der Waals surface area contributed by atoms with Gasteiger partial charge in [0.2, 0.25) is 11.8 Å². The molecule has 2 heterocycles. The number of unbranched alkanes of at least 4 members (excludes halogenated alkanes) is 6. The second kappa shape index (κ2) is 10.9. The van der Waals surface area contributed by atoms with E-state index in [1.165, 1.54) is 0 Å². The predicted octanol–water partition coefficient (Wildman–Crippen LogP) is 3.06. The number of carboxylic acids is 1. The van der Waals surface area contributed by atoms with Crippen LogP contribution in [-0.2, 0) is 20.9 Å². The number of aliphatic carboxylic acids is 1. The Morgan fingerprint density at radius 1 is 1.06 bits per heavy atom. The van der Waals surface area contributed by atoms with Gasteiger partial charge in [-0.3, -0.25) is 24.5 Å². The third-order valence-corrected chi connectivity index (χ3v) is 5.96. The van der Waals surface area contributed by atoms with Gasteiger partial charge >= 0.3 is 5.97 Å². The van der Waals surface area contributed by atoms with Crippen molar-refractivity contribution in [3.63, 3.8) is 0 Å². The number of hydrogen-bond acceptors (Lipinski definition) is 5. The first kappa shape index (κ1) is 22.8. The fourth-order valence-corrected chi connectivity index (χ4v) is 4.26. The number of nitrogens with zero attached hydrogens (tertiary/aromatic N) is 1. The number of carbonyl (C=O) groups excluding carboxylic acids is 3. The number of nitrogens with one attached hydrogen (secondary N) is 2. The summed E-state index contributed by atoms with van der Waals surface area (Å²) in [6, 6.07) is 5.01. The summed E-state index contributed by atoms with van der Waals surface area (Å²) in [7, 11) is 0. The average molecular weight is 430 g/mol. The minimum Gasteiger partial charge on any atom is -0.481 e. The van der Waals surface area contributed by atoms with Gasteiger partial charge in [0.1, 0.15) is 6.04 Å². The number of anilines is 1. The zero-order chi connectivity index (χ0) is 22.2. The van der Waals surface area contributed by atoms with Crippen molar-refractivity contribution in [2.45, 2.75) is 76.8 Å². The second-order valence-electron chi connectivity index (χ2n) is 8.28. The molecule has 2 aliphatic rings. The summed E-state index contributed by atoms with van der Waals surface area (Å²) in [6.07, 6.45) is 8.04. The smallest absolute Gasteiger partial charge is 0.303 e. The van der Waals surface area contributed by atoms with E-state index in [-0.39, 0.29) is 24.7 Å². The Bertz CT molecular complexity index is 839. The molecule has 0 spiro atoms. The van der Waals surface area contributed by atoms with Crippen molar-refractivity contribution in [2.75, 3.05) is 11.9 Å². The number of benzene rings is 1. The highest BCUT2D eigenvalue weighted by molar-refractivity contribution is 6.06. The van der Waals surface area contributed by atoms with E-state index >= 15 is 0 Å². The normalized spacial score (nSPS) is 18.1. The van der Waals surface area contributed by atoms with Gasteiger partial charge in [-0.05, 0) is 31.4 Å². The zero-order valence-corrected chi connectivity index (χ0v) is 17.8. The van der Waals surface area contributed by atoms with Gasteiger partial charge in [0, 0.05) is 42.7 Å². The molecule has 1 fully saturated rings. The lowest BCUT2D eigenvalue weighted by atomic mass is 10.0. The van der Waals surface area contributed by atoms with Gasteiger partial charge in [0.25, 0.3) is 5.91 Å². The van der Waals surface area contributed by atoms with Gasteiger partial charge in [-0.25, -0.2) is 0 Å². The highest BCUT2D eigenvalue weighted by Crippen LogP contribution is 2.32. The lowest BCUT2D eigenvalue weighted by Crippen LogP contribution is -2.52. The first-order chi connectivity index (χ1) is 15.0. The van der Waals surface area contributed by atoms with Crippen LogP contribution >= 0.6 is 0 Å². The van der Waals surface area contributed by atoms with Gasteiger partial charge < -0.3 is 15.3 Å². The van der Waals surface area contributed by atoms with Crippen LogP contribution in [-0.4, -0.2) is 46.3 Å². The molecule has 8 heteroatoms. The summed E-state index contributed by atoms with van der Waals surface area (Å²) in [5.41, 5.74) is 2.46. The predicted molar refractivity (Wildman–Crippen MR) is 116 cm³/mol. The van der Waals surface area contributed by atoms with Crippen LogP contribution in [0.25, 0.3) is 0 Å². The molecule has 1 aromatic rings. The molecule has 1 saturated heterocycles. The third kappa shape index (κ3) is 6.06. The highest BCUT2D eigenvalue weighted by atomic mass is 16.4. The molecule has 0 aromatic heterocycles. The number of hydrogen-bond donors (Lipinski definition) is 3. The van der Waals surface area contributed by atoms with E-state index < -0.39 is 17.9 Å². The van der Waals surface area contributed by atoms with E-state index in [9.17, 15) is 19.2 Å². The maximum Gasteiger partial charge on any atom is 0.303 e. The molecule has 2 aliphatic heterocycles. The average Bonchev–Trinajstić information content (AvgIpc) is 3.06. The van der Waals surface area contributed by atoms with Crippen molar-refractivity contribution in [2.24, 2.45) is 0 Å². The van der Waals surface area contributed by atoms with Crippen molar-refractivity contribution in [1.29, 1.82) is 0 Å². The molecule has 1 atom stereocenters. The Balaban J connectivity index is 1.42. The summed E-state index contributed by atoms with van der Waals surface area (Å²) in [5, 5.41) is 14.4. The van der Waals surface area contributed by atoms with Crippen LogP contribution in [0.15, 0.2) is 18.2 Å². The van der Waals surface area contributed by atoms with E-state index in [4.69, 9.17) is 5.11 Å². The van der Waals surface area contributed by atoms with Crippen LogP contribution in [0.1, 0.15) is 80.1 Å². The Morgan fingerprint density at radius 3 is 2.48 bits per heavy atom. The summed E-state index contributed by atoms with van der Waals surface area (Å²) in [4.78, 5) is 48.5.